The van der Waals surface area contributed by atoms with Crippen LogP contribution >= 0.6 is 0 Å². The molecule has 1 aromatic rings. The monoisotopic (exact) mass is 308 g/mol. The molecule has 0 aliphatic rings. The molecular weight excluding hydrogens is 284 g/mol. The van der Waals surface area contributed by atoms with Crippen LogP contribution in [0.2, 0.25) is 0 Å². The van der Waals surface area contributed by atoms with E-state index in [9.17, 15) is 9.59 Å². The molecule has 0 saturated heterocycles. The van der Waals surface area contributed by atoms with Crippen molar-refractivity contribution in [1.82, 2.24) is 10.2 Å². The predicted molar refractivity (Wildman–Crippen MR) is 83.8 cm³/mol. The number of amides is 2. The predicted octanol–water partition coefficient (Wildman–Crippen LogP) is 2.35. The van der Waals surface area contributed by atoms with Crippen molar-refractivity contribution in [3.63, 3.8) is 0 Å². The van der Waals surface area contributed by atoms with Gasteiger partial charge in [-0.05, 0) is 38.5 Å². The van der Waals surface area contributed by atoms with Crippen LogP contribution < -0.4 is 10.1 Å². The first kappa shape index (κ1) is 17.8. The number of likely N-dealkylation sites (N-methyl/N-ethyl adjacent to an activating group) is 1. The quantitative estimate of drug-likeness (QED) is 0.927. The van der Waals surface area contributed by atoms with Gasteiger partial charge < -0.3 is 19.7 Å². The number of rotatable bonds is 4. The molecule has 0 radical (unpaired) electrons. The average Bonchev–Trinajstić information content (AvgIpc) is 2.42. The minimum Gasteiger partial charge on any atom is -0.497 e. The van der Waals surface area contributed by atoms with Crippen LogP contribution in [0.4, 0.5) is 4.79 Å². The van der Waals surface area contributed by atoms with E-state index in [0.717, 1.165) is 0 Å². The molecule has 0 heterocycles. The molecule has 22 heavy (non-hydrogen) atoms. The van der Waals surface area contributed by atoms with Crippen LogP contribution in [0.1, 0.15) is 32.4 Å². The Bertz CT molecular complexity index is 518. The summed E-state index contributed by atoms with van der Waals surface area (Å²) >= 11 is 0. The van der Waals surface area contributed by atoms with Gasteiger partial charge in [0.15, 0.2) is 0 Å². The van der Waals surface area contributed by atoms with E-state index in [0.29, 0.717) is 11.3 Å². The highest BCUT2D eigenvalue weighted by atomic mass is 16.6. The molecule has 0 aliphatic heterocycles. The van der Waals surface area contributed by atoms with E-state index < -0.39 is 17.7 Å². The van der Waals surface area contributed by atoms with Crippen molar-refractivity contribution in [3.8, 4) is 5.75 Å². The summed E-state index contributed by atoms with van der Waals surface area (Å²) in [7, 11) is 4.83. The minimum atomic E-state index is -0.809. The summed E-state index contributed by atoms with van der Waals surface area (Å²) in [6.45, 7) is 5.30. The molecule has 0 aromatic heterocycles. The van der Waals surface area contributed by atoms with E-state index in [1.807, 2.05) is 0 Å². The van der Waals surface area contributed by atoms with Gasteiger partial charge in [-0.3, -0.25) is 4.79 Å². The van der Waals surface area contributed by atoms with Crippen LogP contribution in [0.25, 0.3) is 0 Å². The summed E-state index contributed by atoms with van der Waals surface area (Å²) in [5.74, 6) is 0.438. The Labute approximate surface area is 131 Å². The summed E-state index contributed by atoms with van der Waals surface area (Å²) in [5, 5.41) is 2.62. The van der Waals surface area contributed by atoms with Gasteiger partial charge in [-0.15, -0.1) is 0 Å². The highest BCUT2D eigenvalue weighted by Gasteiger charge is 2.26. The minimum absolute atomic E-state index is 0.240. The number of carbonyl (C=O) groups is 2. The van der Waals surface area contributed by atoms with Gasteiger partial charge in [0, 0.05) is 14.1 Å². The third kappa shape index (κ3) is 5.27. The number of hydrogen-bond acceptors (Lipinski definition) is 4. The van der Waals surface area contributed by atoms with Crippen molar-refractivity contribution in [3.05, 3.63) is 29.8 Å². The summed E-state index contributed by atoms with van der Waals surface area (Å²) in [6.07, 6.45) is -0.636. The van der Waals surface area contributed by atoms with Crippen LogP contribution in [0, 0.1) is 0 Å². The largest absolute Gasteiger partial charge is 0.497 e. The first-order chi connectivity index (χ1) is 10.1. The molecule has 0 fully saturated rings. The van der Waals surface area contributed by atoms with Crippen LogP contribution in [0.3, 0.4) is 0 Å². The van der Waals surface area contributed by atoms with Crippen molar-refractivity contribution in [1.29, 1.82) is 0 Å². The Morgan fingerprint density at radius 3 is 2.09 bits per heavy atom. The molecule has 6 nitrogen and oxygen atoms in total. The standard InChI is InChI=1S/C16H24N2O4/c1-16(2,3)22-15(20)17-13(14(19)18(4)5)11-7-9-12(21-6)10-8-11/h7-10,13H,1-6H3,(H,17,20). The lowest BCUT2D eigenvalue weighted by Crippen LogP contribution is -2.42. The van der Waals surface area contributed by atoms with Gasteiger partial charge >= 0.3 is 6.09 Å². The number of carbonyl (C=O) groups excluding carboxylic acids is 2. The zero-order valence-electron chi connectivity index (χ0n) is 14.0. The number of ether oxygens (including phenoxy) is 2. The van der Waals surface area contributed by atoms with Crippen molar-refractivity contribution in [2.45, 2.75) is 32.4 Å². The fourth-order valence-corrected chi connectivity index (χ4v) is 1.77. The average molecular weight is 308 g/mol. The Kier molecular flexibility index (Phi) is 5.79. The van der Waals surface area contributed by atoms with Gasteiger partial charge in [0.1, 0.15) is 17.4 Å². The van der Waals surface area contributed by atoms with Gasteiger partial charge in [-0.1, -0.05) is 12.1 Å². The van der Waals surface area contributed by atoms with E-state index in [1.54, 1.807) is 66.2 Å². The van der Waals surface area contributed by atoms with Crippen LogP contribution in [0.15, 0.2) is 24.3 Å². The topological polar surface area (TPSA) is 67.9 Å². The van der Waals surface area contributed by atoms with Crippen LogP contribution in [-0.2, 0) is 9.53 Å². The Balaban J connectivity index is 2.97. The van der Waals surface area contributed by atoms with E-state index >= 15 is 0 Å². The van der Waals surface area contributed by atoms with E-state index in [2.05, 4.69) is 5.32 Å². The lowest BCUT2D eigenvalue weighted by Gasteiger charge is -2.25. The van der Waals surface area contributed by atoms with Crippen molar-refractivity contribution >= 4 is 12.0 Å². The van der Waals surface area contributed by atoms with Crippen LogP contribution in [0.5, 0.6) is 5.75 Å². The lowest BCUT2D eigenvalue weighted by molar-refractivity contribution is -0.131. The fourth-order valence-electron chi connectivity index (χ4n) is 1.77. The van der Waals surface area contributed by atoms with Gasteiger partial charge in [0.2, 0.25) is 5.91 Å². The smallest absolute Gasteiger partial charge is 0.408 e. The number of methoxy groups -OCH3 is 1. The normalized spacial score (nSPS) is 12.3. The second-order valence-electron chi connectivity index (χ2n) is 6.09. The molecule has 1 aromatic carbocycles. The molecule has 0 spiro atoms. The number of nitrogens with one attached hydrogen (secondary N) is 1. The van der Waals surface area contributed by atoms with Crippen molar-refractivity contribution in [2.75, 3.05) is 21.2 Å². The number of alkyl carbamates (subject to hydrolysis) is 1. The summed E-state index contributed by atoms with van der Waals surface area (Å²) in [6, 6.07) is 6.14. The Hall–Kier alpha value is -2.24. The second kappa shape index (κ2) is 7.15. The molecule has 1 rings (SSSR count). The number of hydrogen-bond donors (Lipinski definition) is 1. The summed E-state index contributed by atoms with van der Waals surface area (Å²) in [5.41, 5.74) is 0.0285. The molecule has 1 atom stereocenters. The molecular formula is C16H24N2O4. The van der Waals surface area contributed by atoms with E-state index in [1.165, 1.54) is 4.90 Å². The maximum Gasteiger partial charge on any atom is 0.408 e. The number of benzene rings is 1. The third-order valence-corrected chi connectivity index (χ3v) is 2.80. The van der Waals surface area contributed by atoms with Gasteiger partial charge in [0.25, 0.3) is 0 Å². The Morgan fingerprint density at radius 1 is 1.14 bits per heavy atom. The van der Waals surface area contributed by atoms with Gasteiger partial charge in [0.05, 0.1) is 7.11 Å². The van der Waals surface area contributed by atoms with E-state index in [4.69, 9.17) is 9.47 Å². The first-order valence-electron chi connectivity index (χ1n) is 6.98. The fraction of sp³-hybridized carbons (Fsp3) is 0.500. The molecule has 0 bridgehead atoms. The highest BCUT2D eigenvalue weighted by molar-refractivity contribution is 5.86. The molecule has 122 valence electrons. The lowest BCUT2D eigenvalue weighted by atomic mass is 10.1. The summed E-state index contributed by atoms with van der Waals surface area (Å²) in [4.78, 5) is 25.7. The SMILES string of the molecule is COc1ccc(C(NC(=O)OC(C)(C)C)C(=O)N(C)C)cc1. The van der Waals surface area contributed by atoms with Crippen molar-refractivity contribution in [2.24, 2.45) is 0 Å². The molecule has 0 saturated carbocycles. The molecule has 6 heteroatoms. The molecule has 1 N–H and O–H groups in total. The molecule has 0 aliphatic carbocycles. The summed E-state index contributed by atoms with van der Waals surface area (Å²) < 4.78 is 10.3. The molecule has 1 unspecified atom stereocenters. The van der Waals surface area contributed by atoms with Gasteiger partial charge in [-0.25, -0.2) is 4.79 Å². The first-order valence-corrected chi connectivity index (χ1v) is 6.98. The second-order valence-corrected chi connectivity index (χ2v) is 6.09. The maximum absolute atomic E-state index is 12.3. The van der Waals surface area contributed by atoms with Gasteiger partial charge in [-0.2, -0.15) is 0 Å². The zero-order valence-corrected chi connectivity index (χ0v) is 14.0. The van der Waals surface area contributed by atoms with Crippen molar-refractivity contribution < 1.29 is 19.1 Å². The van der Waals surface area contributed by atoms with Crippen LogP contribution in [-0.4, -0.2) is 43.7 Å². The zero-order chi connectivity index (χ0) is 16.9. The van der Waals surface area contributed by atoms with E-state index in [-0.39, 0.29) is 5.91 Å². The highest BCUT2D eigenvalue weighted by Crippen LogP contribution is 2.20. The number of nitrogens with zero attached hydrogens (tertiary/aromatic N) is 1. The maximum atomic E-state index is 12.3. The molecule has 2 amide bonds. The third-order valence-electron chi connectivity index (χ3n) is 2.80. The Morgan fingerprint density at radius 2 is 1.68 bits per heavy atom.